The number of aryl methyl sites for hydroxylation is 2. The monoisotopic (exact) mass is 548 g/mol. The minimum Gasteiger partial charge on any atom is -0.313 e. The van der Waals surface area contributed by atoms with E-state index in [-0.39, 0.29) is 11.8 Å². The Morgan fingerprint density at radius 1 is 0.548 bits per heavy atom. The summed E-state index contributed by atoms with van der Waals surface area (Å²) in [5.74, 6) is -0.201. The first-order valence-corrected chi connectivity index (χ1v) is 14.4. The van der Waals surface area contributed by atoms with Crippen LogP contribution in [0.5, 0.6) is 0 Å². The Balaban J connectivity index is 1.62. The molecule has 1 unspecified atom stereocenters. The first kappa shape index (κ1) is 26.0. The van der Waals surface area contributed by atoms with Crippen LogP contribution < -0.4 is 4.90 Å². The molecular formula is C38H32N2O2. The summed E-state index contributed by atoms with van der Waals surface area (Å²) in [4.78, 5) is 34.2. The molecule has 5 aromatic carbocycles. The summed E-state index contributed by atoms with van der Waals surface area (Å²) in [6, 6.07) is 43.8. The Labute approximate surface area is 246 Å². The second-order valence-corrected chi connectivity index (χ2v) is 11.5. The van der Waals surface area contributed by atoms with Gasteiger partial charge >= 0.3 is 0 Å². The van der Waals surface area contributed by atoms with Gasteiger partial charge in [-0.3, -0.25) is 9.59 Å². The summed E-state index contributed by atoms with van der Waals surface area (Å²) in [6.07, 6.45) is 0. The smallest absolute Gasteiger partial charge is 0.259 e. The van der Waals surface area contributed by atoms with Gasteiger partial charge in [0.25, 0.3) is 5.91 Å². The van der Waals surface area contributed by atoms with E-state index >= 15 is 9.59 Å². The molecule has 4 heteroatoms. The van der Waals surface area contributed by atoms with Crippen LogP contribution in [0.2, 0.25) is 0 Å². The van der Waals surface area contributed by atoms with E-state index in [1.807, 2.05) is 159 Å². The molecule has 1 saturated heterocycles. The molecule has 1 spiro atoms. The molecule has 2 amide bonds. The highest BCUT2D eigenvalue weighted by Gasteiger charge is 2.81. The van der Waals surface area contributed by atoms with E-state index in [9.17, 15) is 0 Å². The number of hydrogen-bond acceptors (Lipinski definition) is 2. The quantitative estimate of drug-likeness (QED) is 0.220. The fourth-order valence-corrected chi connectivity index (χ4v) is 7.26. The van der Waals surface area contributed by atoms with Crippen LogP contribution in [0.15, 0.2) is 133 Å². The molecule has 0 N–H and O–H groups in total. The number of hydrogen-bond donors (Lipinski definition) is 0. The van der Waals surface area contributed by atoms with Gasteiger partial charge in [-0.05, 0) is 42.2 Å². The highest BCUT2D eigenvalue weighted by molar-refractivity contribution is 6.20. The van der Waals surface area contributed by atoms with E-state index in [1.165, 1.54) is 0 Å². The Bertz CT molecular complexity index is 1710. The van der Waals surface area contributed by atoms with Crippen molar-refractivity contribution >= 4 is 17.5 Å². The van der Waals surface area contributed by atoms with Crippen molar-refractivity contribution < 1.29 is 9.59 Å². The van der Waals surface area contributed by atoms with Gasteiger partial charge in [0.2, 0.25) is 5.91 Å². The fraction of sp³-hybridized carbons (Fsp3) is 0.158. The Morgan fingerprint density at radius 3 is 1.50 bits per heavy atom. The number of benzene rings is 5. The summed E-state index contributed by atoms with van der Waals surface area (Å²) in [5, 5.41) is 0. The van der Waals surface area contributed by atoms with E-state index in [0.717, 1.165) is 44.6 Å². The van der Waals surface area contributed by atoms with Gasteiger partial charge in [-0.1, -0.05) is 139 Å². The van der Waals surface area contributed by atoms with Gasteiger partial charge in [0.05, 0.1) is 6.04 Å². The third kappa shape index (κ3) is 3.29. The molecule has 42 heavy (non-hydrogen) atoms. The lowest BCUT2D eigenvalue weighted by atomic mass is 9.50. The normalized spacial score (nSPS) is 18.9. The molecule has 4 nitrogen and oxygen atoms in total. The third-order valence-electron chi connectivity index (χ3n) is 9.17. The maximum absolute atomic E-state index is 15.4. The number of likely N-dealkylation sites (tertiary alicyclic amines) is 1. The van der Waals surface area contributed by atoms with Crippen molar-refractivity contribution in [2.24, 2.45) is 0 Å². The molecule has 2 aliphatic heterocycles. The van der Waals surface area contributed by atoms with Crippen molar-refractivity contribution in [3.05, 3.63) is 172 Å². The van der Waals surface area contributed by atoms with Crippen molar-refractivity contribution in [2.75, 3.05) is 11.9 Å². The van der Waals surface area contributed by atoms with E-state index < -0.39 is 17.0 Å². The molecule has 0 saturated carbocycles. The summed E-state index contributed by atoms with van der Waals surface area (Å²) in [6.45, 7) is 4.08. The van der Waals surface area contributed by atoms with Gasteiger partial charge < -0.3 is 9.80 Å². The van der Waals surface area contributed by atoms with Gasteiger partial charge in [-0.15, -0.1) is 0 Å². The molecule has 206 valence electrons. The maximum Gasteiger partial charge on any atom is 0.259 e. The Morgan fingerprint density at radius 2 is 1.00 bits per heavy atom. The third-order valence-corrected chi connectivity index (χ3v) is 9.17. The number of anilines is 1. The van der Waals surface area contributed by atoms with Crippen LogP contribution in [0.3, 0.4) is 0 Å². The van der Waals surface area contributed by atoms with Crippen LogP contribution in [-0.2, 0) is 20.5 Å². The largest absolute Gasteiger partial charge is 0.313 e. The molecule has 1 fully saturated rings. The van der Waals surface area contributed by atoms with Crippen LogP contribution in [0.4, 0.5) is 5.69 Å². The van der Waals surface area contributed by atoms with Crippen molar-refractivity contribution in [1.29, 1.82) is 0 Å². The van der Waals surface area contributed by atoms with Crippen molar-refractivity contribution in [2.45, 2.75) is 30.8 Å². The second kappa shape index (κ2) is 9.56. The van der Waals surface area contributed by atoms with Crippen LogP contribution in [0, 0.1) is 13.8 Å². The summed E-state index contributed by atoms with van der Waals surface area (Å²) in [5.41, 5.74) is 4.81. The van der Waals surface area contributed by atoms with Gasteiger partial charge in [-0.2, -0.15) is 0 Å². The van der Waals surface area contributed by atoms with E-state index in [0.29, 0.717) is 0 Å². The number of β-lactam (4-membered cyclic amide) rings is 1. The minimum absolute atomic E-state index is 0.0913. The number of likely N-dealkylation sites (N-methyl/N-ethyl adjacent to an activating group) is 1. The summed E-state index contributed by atoms with van der Waals surface area (Å²) in [7, 11) is 1.83. The lowest BCUT2D eigenvalue weighted by Gasteiger charge is -2.65. The first-order chi connectivity index (χ1) is 20.4. The van der Waals surface area contributed by atoms with Crippen molar-refractivity contribution in [3.63, 3.8) is 0 Å². The number of carbonyl (C=O) groups excluding carboxylic acids is 2. The average Bonchev–Trinajstić information content (AvgIpc) is 3.26. The van der Waals surface area contributed by atoms with Crippen molar-refractivity contribution in [3.8, 4) is 0 Å². The zero-order valence-electron chi connectivity index (χ0n) is 24.0. The Hall–Kier alpha value is -4.96. The lowest BCUT2D eigenvalue weighted by Crippen LogP contribution is -2.81. The molecule has 0 radical (unpaired) electrons. The number of amides is 2. The van der Waals surface area contributed by atoms with Crippen LogP contribution in [0.25, 0.3) is 0 Å². The van der Waals surface area contributed by atoms with Gasteiger partial charge in [0, 0.05) is 18.3 Å². The minimum atomic E-state index is -1.32. The number of para-hydroxylation sites is 1. The molecule has 0 bridgehead atoms. The van der Waals surface area contributed by atoms with E-state index in [4.69, 9.17) is 0 Å². The lowest BCUT2D eigenvalue weighted by molar-refractivity contribution is -0.184. The van der Waals surface area contributed by atoms with Gasteiger partial charge in [0.1, 0.15) is 5.41 Å². The zero-order chi connectivity index (χ0) is 29.1. The maximum atomic E-state index is 15.4. The van der Waals surface area contributed by atoms with Crippen LogP contribution in [0.1, 0.15) is 45.0 Å². The van der Waals surface area contributed by atoms with Gasteiger partial charge in [0.15, 0.2) is 5.54 Å². The molecule has 0 aliphatic carbocycles. The zero-order valence-corrected chi connectivity index (χ0v) is 24.0. The average molecular weight is 549 g/mol. The van der Waals surface area contributed by atoms with Crippen LogP contribution >= 0.6 is 0 Å². The summed E-state index contributed by atoms with van der Waals surface area (Å²) >= 11 is 0. The predicted molar refractivity (Wildman–Crippen MR) is 166 cm³/mol. The highest BCUT2D eigenvalue weighted by Crippen LogP contribution is 2.67. The number of rotatable bonds is 5. The van der Waals surface area contributed by atoms with Crippen LogP contribution in [-0.4, -0.2) is 23.8 Å². The molecule has 1 atom stereocenters. The molecule has 7 rings (SSSR count). The Kier molecular flexibility index (Phi) is 5.91. The SMILES string of the molecule is Cc1ccc(C2(c3ccc(C)cc3)C(=O)N(C(c3ccccc3)c3ccccc3)C23C(=O)N(C)c2ccccc23)cc1. The fourth-order valence-electron chi connectivity index (χ4n) is 7.26. The topological polar surface area (TPSA) is 40.6 Å². The second-order valence-electron chi connectivity index (χ2n) is 11.5. The summed E-state index contributed by atoms with van der Waals surface area (Å²) < 4.78 is 0. The molecule has 0 aromatic heterocycles. The molecular weight excluding hydrogens is 516 g/mol. The number of nitrogens with zero attached hydrogens (tertiary/aromatic N) is 2. The van der Waals surface area contributed by atoms with Gasteiger partial charge in [-0.25, -0.2) is 0 Å². The molecule has 2 heterocycles. The highest BCUT2D eigenvalue weighted by atomic mass is 16.2. The predicted octanol–water partition coefficient (Wildman–Crippen LogP) is 7.09. The standard InChI is InChI=1S/C38H32N2O2/c1-26-18-22-30(23-19-26)37(31-24-20-27(2)21-25-31)35(41)40(38(37)32-16-10-11-17-33(32)39(3)36(38)42)34(28-12-6-4-7-13-28)29-14-8-5-9-15-29/h4-25,34H,1-3H3. The first-order valence-electron chi connectivity index (χ1n) is 14.4. The van der Waals surface area contributed by atoms with E-state index in [1.54, 1.807) is 4.90 Å². The van der Waals surface area contributed by atoms with E-state index in [2.05, 4.69) is 0 Å². The number of fused-ring (bicyclic) bond motifs is 2. The number of carbonyl (C=O) groups is 2. The van der Waals surface area contributed by atoms with Crippen molar-refractivity contribution in [1.82, 2.24) is 4.90 Å². The molecule has 5 aromatic rings. The molecule has 2 aliphatic rings.